The zero-order valence-electron chi connectivity index (χ0n) is 43.3. The molecule has 2 aromatic heterocycles. The highest BCUT2D eigenvalue weighted by Gasteiger charge is 2.40. The molecule has 4 aromatic carbocycles. The Kier molecular flexibility index (Phi) is 16.5. The van der Waals surface area contributed by atoms with Gasteiger partial charge in [-0.1, -0.05) is 72.8 Å². The molecular formula is C60H64N8O8. The molecule has 4 aliphatic carbocycles. The molecule has 0 spiro atoms. The summed E-state index contributed by atoms with van der Waals surface area (Å²) < 4.78 is 10.6. The van der Waals surface area contributed by atoms with E-state index in [1.165, 1.54) is 22.2 Å². The van der Waals surface area contributed by atoms with Gasteiger partial charge in [0.2, 0.25) is 11.8 Å². The van der Waals surface area contributed by atoms with Gasteiger partial charge < -0.3 is 40.5 Å². The molecule has 0 saturated carbocycles. The van der Waals surface area contributed by atoms with Gasteiger partial charge in [0.25, 0.3) is 11.8 Å². The number of carbonyl (C=O) groups is 6. The largest absolute Gasteiger partial charge is 0.447 e. The number of hydrogen-bond donors (Lipinski definition) is 4. The molecule has 0 radical (unpaired) electrons. The lowest BCUT2D eigenvalue weighted by molar-refractivity contribution is -0.138. The molecule has 392 valence electrons. The Morgan fingerprint density at radius 3 is 1.36 bits per heavy atom. The SMILES string of the molecule is CC(C)OC(=O)N[C@H](C(=O)N1CCC[C@H]1C(=O)Nc1cccc(-c2cc3ccc2CCc2ccc(c(-c4cccc(NC(=O)[C@@H]5CCCN5C(=O)[C@@H](NC(=O)OC(C)C)c5cccnc5)c4)c2)CC3)c1)c1cccnc1. The van der Waals surface area contributed by atoms with Gasteiger partial charge in [0.05, 0.1) is 12.2 Å². The fraction of sp³-hybridized carbons (Fsp3) is 0.333. The van der Waals surface area contributed by atoms with Crippen molar-refractivity contribution in [2.75, 3.05) is 23.7 Å². The van der Waals surface area contributed by atoms with Crippen molar-refractivity contribution >= 4 is 47.2 Å². The first-order valence-corrected chi connectivity index (χ1v) is 26.2. The first kappa shape index (κ1) is 52.5. The normalized spacial score (nSPS) is 16.8. The van der Waals surface area contributed by atoms with E-state index in [1.807, 2.05) is 36.4 Å². The summed E-state index contributed by atoms with van der Waals surface area (Å²) in [6.45, 7) is 7.63. The predicted octanol–water partition coefficient (Wildman–Crippen LogP) is 9.31. The number of pyridine rings is 2. The monoisotopic (exact) mass is 1020 g/mol. The molecule has 76 heavy (non-hydrogen) atoms. The van der Waals surface area contributed by atoms with Crippen molar-refractivity contribution in [3.05, 3.63) is 167 Å². The minimum atomic E-state index is -1.08. The Morgan fingerprint density at radius 1 is 0.526 bits per heavy atom. The molecule has 4 N–H and O–H groups in total. The standard InChI is InChI=1S/C60H64N8O8/c1-37(2)75-59(73)65-53(45-13-7-27-61-35-45)57(71)67-29-9-17-51(67)55(69)63-47-15-5-11-43(33-47)49-31-39-19-23-41(49)25-21-40-20-24-42(26-22-39)50(32-40)44-12-6-16-48(34-44)64-56(70)52-18-10-30-68(52)58(72)54(46-14-8-28-62-36-46)66-60(74)76-38(3)4/h5-8,11-16,19-20,23-24,27-28,31-38,51-54H,9-10,17-18,21-22,25-26,29-30H2,1-4H3,(H,63,69)(H,64,70)(H,65,73)(H,66,74)/t51-,52-,53-,54-/m0/s1. The zero-order valence-corrected chi connectivity index (χ0v) is 43.3. The molecule has 2 saturated heterocycles. The summed E-state index contributed by atoms with van der Waals surface area (Å²) in [4.78, 5) is 93.3. The van der Waals surface area contributed by atoms with E-state index >= 15 is 0 Å². The van der Waals surface area contributed by atoms with Crippen LogP contribution in [0.25, 0.3) is 22.3 Å². The van der Waals surface area contributed by atoms with Gasteiger partial charge in [-0.2, -0.15) is 0 Å². The molecule has 4 atom stereocenters. The van der Waals surface area contributed by atoms with E-state index in [1.54, 1.807) is 64.4 Å². The van der Waals surface area contributed by atoms with Crippen LogP contribution in [0.1, 0.15) is 98.8 Å². The van der Waals surface area contributed by atoms with Crippen molar-refractivity contribution < 1.29 is 38.2 Å². The Labute approximate surface area is 443 Å². The minimum Gasteiger partial charge on any atom is -0.447 e. The van der Waals surface area contributed by atoms with Gasteiger partial charge in [0.15, 0.2) is 0 Å². The van der Waals surface area contributed by atoms with E-state index in [9.17, 15) is 28.8 Å². The first-order chi connectivity index (χ1) is 36.8. The van der Waals surface area contributed by atoms with Gasteiger partial charge in [-0.05, 0) is 160 Å². The predicted molar refractivity (Wildman–Crippen MR) is 289 cm³/mol. The number of aromatic nitrogens is 2. The quantitative estimate of drug-likeness (QED) is 0.0815. The molecule has 16 heteroatoms. The maximum atomic E-state index is 14.2. The topological polar surface area (TPSA) is 201 Å². The molecular weight excluding hydrogens is 961 g/mol. The van der Waals surface area contributed by atoms with Gasteiger partial charge in [-0.25, -0.2) is 9.59 Å². The summed E-state index contributed by atoms with van der Waals surface area (Å²) in [5, 5.41) is 11.6. The number of carbonyl (C=O) groups excluding carboxylic acids is 6. The van der Waals surface area contributed by atoms with Crippen LogP contribution in [0.4, 0.5) is 21.0 Å². The number of benzene rings is 4. The van der Waals surface area contributed by atoms with Crippen LogP contribution in [0.15, 0.2) is 134 Å². The second-order valence-corrected chi connectivity index (χ2v) is 20.1. The van der Waals surface area contributed by atoms with Crippen molar-refractivity contribution in [3.8, 4) is 22.3 Å². The lowest BCUT2D eigenvalue weighted by Gasteiger charge is -2.29. The summed E-state index contributed by atoms with van der Waals surface area (Å²) >= 11 is 0. The summed E-state index contributed by atoms with van der Waals surface area (Å²) in [5.74, 6) is -1.43. The molecule has 16 nitrogen and oxygen atoms in total. The Hall–Kier alpha value is -8.40. The van der Waals surface area contributed by atoms with Crippen LogP contribution < -0.4 is 21.3 Å². The maximum Gasteiger partial charge on any atom is 0.408 e. The van der Waals surface area contributed by atoms with Crippen LogP contribution in [-0.4, -0.2) is 93.0 Å². The molecule has 0 unspecified atom stereocenters. The highest BCUT2D eigenvalue weighted by Crippen LogP contribution is 2.34. The molecule has 4 heterocycles. The number of nitrogens with zero attached hydrogens (tertiary/aromatic N) is 4. The van der Waals surface area contributed by atoms with Crippen LogP contribution in [0, 0.1) is 0 Å². The van der Waals surface area contributed by atoms with E-state index in [0.29, 0.717) is 61.3 Å². The number of likely N-dealkylation sites (tertiary alicyclic amines) is 2. The molecule has 6 aliphatic rings. The summed E-state index contributed by atoms with van der Waals surface area (Å²) in [5.41, 5.74) is 10.9. The third-order valence-electron chi connectivity index (χ3n) is 14.0. The number of nitrogens with one attached hydrogen (secondary N) is 4. The van der Waals surface area contributed by atoms with Gasteiger partial charge in [-0.15, -0.1) is 0 Å². The van der Waals surface area contributed by atoms with Crippen molar-refractivity contribution in [2.24, 2.45) is 0 Å². The summed E-state index contributed by atoms with van der Waals surface area (Å²) in [6, 6.07) is 32.1. The van der Waals surface area contributed by atoms with Crippen molar-refractivity contribution in [1.82, 2.24) is 30.4 Å². The Bertz CT molecular complexity index is 2890. The molecule has 12 rings (SSSR count). The molecule has 2 fully saturated rings. The van der Waals surface area contributed by atoms with Crippen LogP contribution in [0.2, 0.25) is 0 Å². The number of anilines is 2. The number of ether oxygens (including phenoxy) is 2. The van der Waals surface area contributed by atoms with Crippen molar-refractivity contribution in [1.29, 1.82) is 0 Å². The smallest absolute Gasteiger partial charge is 0.408 e. The zero-order chi connectivity index (χ0) is 53.3. The van der Waals surface area contributed by atoms with Crippen LogP contribution >= 0.6 is 0 Å². The lowest BCUT2D eigenvalue weighted by atomic mass is 9.87. The van der Waals surface area contributed by atoms with Crippen molar-refractivity contribution in [2.45, 2.75) is 115 Å². The first-order valence-electron chi connectivity index (χ1n) is 26.2. The molecule has 6 aromatic rings. The number of alkyl carbamates (subject to hydrolysis) is 2. The summed E-state index contributed by atoms with van der Waals surface area (Å²) in [7, 11) is 0. The minimum absolute atomic E-state index is 0.306. The third kappa shape index (κ3) is 12.6. The van der Waals surface area contributed by atoms with Gasteiger partial charge >= 0.3 is 12.2 Å². The highest BCUT2D eigenvalue weighted by atomic mass is 16.6. The number of hydrogen-bond acceptors (Lipinski definition) is 10. The van der Waals surface area contributed by atoms with E-state index in [-0.39, 0.29) is 11.8 Å². The van der Waals surface area contributed by atoms with Crippen LogP contribution in [-0.2, 0) is 54.3 Å². The fourth-order valence-corrected chi connectivity index (χ4v) is 10.4. The Balaban J connectivity index is 0.878. The number of rotatable bonds is 14. The molecule has 6 amide bonds. The average molecular weight is 1030 g/mol. The van der Waals surface area contributed by atoms with Crippen LogP contribution in [0.3, 0.4) is 0 Å². The average Bonchev–Trinajstić information content (AvgIpc) is 4.13. The third-order valence-corrected chi connectivity index (χ3v) is 14.0. The van der Waals surface area contributed by atoms with E-state index < -0.39 is 60.4 Å². The second-order valence-electron chi connectivity index (χ2n) is 20.1. The van der Waals surface area contributed by atoms with Crippen molar-refractivity contribution in [3.63, 3.8) is 0 Å². The van der Waals surface area contributed by atoms with E-state index in [2.05, 4.69) is 79.8 Å². The van der Waals surface area contributed by atoms with Crippen LogP contribution in [0.5, 0.6) is 0 Å². The fourth-order valence-electron chi connectivity index (χ4n) is 10.4. The van der Waals surface area contributed by atoms with Gasteiger partial charge in [0.1, 0.15) is 24.2 Å². The number of amides is 6. The molecule has 2 aliphatic heterocycles. The van der Waals surface area contributed by atoms with E-state index in [4.69, 9.17) is 9.47 Å². The number of aryl methyl sites for hydroxylation is 4. The highest BCUT2D eigenvalue weighted by molar-refractivity contribution is 6.00. The maximum absolute atomic E-state index is 14.2. The summed E-state index contributed by atoms with van der Waals surface area (Å²) in [6.07, 6.45) is 9.22. The Morgan fingerprint density at radius 2 is 0.961 bits per heavy atom. The van der Waals surface area contributed by atoms with Gasteiger partial charge in [-0.3, -0.25) is 29.1 Å². The lowest BCUT2D eigenvalue weighted by Crippen LogP contribution is -2.49. The molecule has 4 bridgehead atoms. The van der Waals surface area contributed by atoms with Gasteiger partial charge in [0, 0.05) is 60.4 Å². The van der Waals surface area contributed by atoms with E-state index in [0.717, 1.165) is 70.2 Å². The second kappa shape index (κ2) is 23.9.